The normalized spacial score (nSPS) is 16.3. The molecule has 20 heavy (non-hydrogen) atoms. The number of carboxylic acids is 1. The molecule has 1 aliphatic rings. The summed E-state index contributed by atoms with van der Waals surface area (Å²) >= 11 is 0. The third-order valence-corrected chi connectivity index (χ3v) is 3.77. The molecule has 1 unspecified atom stereocenters. The summed E-state index contributed by atoms with van der Waals surface area (Å²) < 4.78 is 0. The van der Waals surface area contributed by atoms with Gasteiger partial charge >= 0.3 is 5.97 Å². The summed E-state index contributed by atoms with van der Waals surface area (Å²) in [5.41, 5.74) is 2.48. The van der Waals surface area contributed by atoms with Gasteiger partial charge in [-0.05, 0) is 43.5 Å². The van der Waals surface area contributed by atoms with Crippen molar-refractivity contribution in [1.82, 2.24) is 10.2 Å². The second-order valence-electron chi connectivity index (χ2n) is 5.08. The molecule has 2 rings (SSSR count). The maximum absolute atomic E-state index is 11.9. The molecule has 0 aliphatic carbocycles. The first-order valence-electron chi connectivity index (χ1n) is 6.89. The van der Waals surface area contributed by atoms with Crippen molar-refractivity contribution in [3.05, 3.63) is 34.9 Å². The van der Waals surface area contributed by atoms with Crippen LogP contribution in [0.15, 0.2) is 18.2 Å². The van der Waals surface area contributed by atoms with Gasteiger partial charge in [-0.1, -0.05) is 6.07 Å². The highest BCUT2D eigenvalue weighted by atomic mass is 16.4. The first-order valence-corrected chi connectivity index (χ1v) is 6.89. The maximum Gasteiger partial charge on any atom is 0.335 e. The number of amides is 1. The van der Waals surface area contributed by atoms with E-state index in [1.165, 1.54) is 5.56 Å². The van der Waals surface area contributed by atoms with Crippen LogP contribution in [0.2, 0.25) is 0 Å². The van der Waals surface area contributed by atoms with Gasteiger partial charge in [0.05, 0.1) is 11.6 Å². The van der Waals surface area contributed by atoms with E-state index in [-0.39, 0.29) is 11.9 Å². The monoisotopic (exact) mass is 276 g/mol. The van der Waals surface area contributed by atoms with Gasteiger partial charge in [-0.15, -0.1) is 0 Å². The second kappa shape index (κ2) is 6.05. The molecular weight excluding hydrogens is 256 g/mol. The summed E-state index contributed by atoms with van der Waals surface area (Å²) in [5, 5.41) is 11.9. The lowest BCUT2D eigenvalue weighted by Crippen LogP contribution is -2.47. The van der Waals surface area contributed by atoms with Crippen molar-refractivity contribution in [2.45, 2.75) is 32.9 Å². The van der Waals surface area contributed by atoms with Crippen molar-refractivity contribution in [2.24, 2.45) is 0 Å². The fourth-order valence-corrected chi connectivity index (χ4v) is 2.53. The number of carbonyl (C=O) groups excluding carboxylic acids is 1. The third-order valence-electron chi connectivity index (χ3n) is 3.77. The summed E-state index contributed by atoms with van der Waals surface area (Å²) in [6, 6.07) is 5.04. The van der Waals surface area contributed by atoms with Gasteiger partial charge < -0.3 is 10.4 Å². The summed E-state index contributed by atoms with van der Waals surface area (Å²) in [6.45, 7) is 5.84. The van der Waals surface area contributed by atoms with Gasteiger partial charge in [-0.25, -0.2) is 4.79 Å². The van der Waals surface area contributed by atoms with E-state index in [2.05, 4.69) is 10.2 Å². The molecule has 5 heteroatoms. The van der Waals surface area contributed by atoms with Gasteiger partial charge in [0.15, 0.2) is 0 Å². The Kier molecular flexibility index (Phi) is 4.39. The fourth-order valence-electron chi connectivity index (χ4n) is 2.53. The number of fused-ring (bicyclic) bond motifs is 1. The zero-order valence-electron chi connectivity index (χ0n) is 11.8. The molecule has 5 nitrogen and oxygen atoms in total. The van der Waals surface area contributed by atoms with Crippen LogP contribution in [0.1, 0.15) is 35.3 Å². The van der Waals surface area contributed by atoms with Crippen LogP contribution in [-0.4, -0.2) is 41.0 Å². The molecule has 0 fully saturated rings. The SMILES string of the molecule is CCNC(=O)C(C)N1CCc2ccc(C(=O)O)cc2C1. The van der Waals surface area contributed by atoms with Crippen molar-refractivity contribution in [3.8, 4) is 0 Å². The van der Waals surface area contributed by atoms with Gasteiger partial charge in [0.1, 0.15) is 0 Å². The second-order valence-corrected chi connectivity index (χ2v) is 5.08. The highest BCUT2D eigenvalue weighted by Crippen LogP contribution is 2.22. The first kappa shape index (κ1) is 14.5. The average molecular weight is 276 g/mol. The van der Waals surface area contributed by atoms with Crippen LogP contribution in [-0.2, 0) is 17.8 Å². The molecule has 0 bridgehead atoms. The van der Waals surface area contributed by atoms with Crippen LogP contribution < -0.4 is 5.32 Å². The summed E-state index contributed by atoms with van der Waals surface area (Å²) in [6.07, 6.45) is 0.846. The number of rotatable bonds is 4. The Hall–Kier alpha value is -1.88. The van der Waals surface area contributed by atoms with Crippen LogP contribution >= 0.6 is 0 Å². The zero-order chi connectivity index (χ0) is 14.7. The number of aromatic carboxylic acids is 1. The van der Waals surface area contributed by atoms with Crippen LogP contribution in [0, 0.1) is 0 Å². The number of nitrogens with one attached hydrogen (secondary N) is 1. The van der Waals surface area contributed by atoms with Crippen LogP contribution in [0.25, 0.3) is 0 Å². The van der Waals surface area contributed by atoms with Crippen molar-refractivity contribution in [2.75, 3.05) is 13.1 Å². The molecular formula is C15H20N2O3. The summed E-state index contributed by atoms with van der Waals surface area (Å²) in [7, 11) is 0. The molecule has 1 heterocycles. The van der Waals surface area contributed by atoms with Gasteiger partial charge in [0, 0.05) is 19.6 Å². The number of carbonyl (C=O) groups is 2. The van der Waals surface area contributed by atoms with Gasteiger partial charge in [0.2, 0.25) is 5.91 Å². The zero-order valence-corrected chi connectivity index (χ0v) is 11.8. The topological polar surface area (TPSA) is 69.6 Å². The molecule has 1 amide bonds. The van der Waals surface area contributed by atoms with E-state index in [9.17, 15) is 9.59 Å². The Morgan fingerprint density at radius 1 is 1.40 bits per heavy atom. The van der Waals surface area contributed by atoms with Gasteiger partial charge in [0.25, 0.3) is 0 Å². The maximum atomic E-state index is 11.9. The lowest BCUT2D eigenvalue weighted by Gasteiger charge is -2.33. The standard InChI is InChI=1S/C15H20N2O3/c1-3-16-14(18)10(2)17-7-6-11-4-5-12(15(19)20)8-13(11)9-17/h4-5,8,10H,3,6-7,9H2,1-2H3,(H,16,18)(H,19,20). The Bertz CT molecular complexity index is 528. The van der Waals surface area contributed by atoms with Crippen LogP contribution in [0.5, 0.6) is 0 Å². The van der Waals surface area contributed by atoms with Crippen molar-refractivity contribution >= 4 is 11.9 Å². The number of hydrogen-bond acceptors (Lipinski definition) is 3. The van der Waals surface area contributed by atoms with Crippen LogP contribution in [0.4, 0.5) is 0 Å². The molecule has 1 atom stereocenters. The minimum atomic E-state index is -0.915. The Balaban J connectivity index is 2.15. The average Bonchev–Trinajstić information content (AvgIpc) is 2.45. The van der Waals surface area contributed by atoms with E-state index >= 15 is 0 Å². The Morgan fingerprint density at radius 3 is 2.80 bits per heavy atom. The molecule has 0 saturated carbocycles. The third kappa shape index (κ3) is 2.99. The number of benzene rings is 1. The van der Waals surface area contributed by atoms with E-state index in [1.54, 1.807) is 12.1 Å². The van der Waals surface area contributed by atoms with Crippen LogP contribution in [0.3, 0.4) is 0 Å². The van der Waals surface area contributed by atoms with Gasteiger partial charge in [-0.3, -0.25) is 9.69 Å². The lowest BCUT2D eigenvalue weighted by molar-refractivity contribution is -0.126. The summed E-state index contributed by atoms with van der Waals surface area (Å²) in [4.78, 5) is 25.0. The molecule has 0 saturated heterocycles. The van der Waals surface area contributed by atoms with E-state index < -0.39 is 5.97 Å². The molecule has 0 spiro atoms. The number of nitrogens with zero attached hydrogens (tertiary/aromatic N) is 1. The van der Waals surface area contributed by atoms with Crippen molar-refractivity contribution < 1.29 is 14.7 Å². The molecule has 1 aliphatic heterocycles. The molecule has 0 aromatic heterocycles. The predicted octanol–water partition coefficient (Wildman–Crippen LogP) is 1.27. The fraction of sp³-hybridized carbons (Fsp3) is 0.467. The van der Waals surface area contributed by atoms with E-state index in [0.717, 1.165) is 18.5 Å². The summed E-state index contributed by atoms with van der Waals surface area (Å²) in [5.74, 6) is -0.896. The van der Waals surface area contributed by atoms with E-state index in [4.69, 9.17) is 5.11 Å². The molecule has 2 N–H and O–H groups in total. The Morgan fingerprint density at radius 2 is 2.15 bits per heavy atom. The largest absolute Gasteiger partial charge is 0.478 e. The Labute approximate surface area is 118 Å². The molecule has 0 radical (unpaired) electrons. The minimum absolute atomic E-state index is 0.0188. The number of carboxylic acid groups (broad SMARTS) is 1. The first-order chi connectivity index (χ1) is 9.52. The van der Waals surface area contributed by atoms with Gasteiger partial charge in [-0.2, -0.15) is 0 Å². The van der Waals surface area contributed by atoms with E-state index in [0.29, 0.717) is 18.7 Å². The highest BCUT2D eigenvalue weighted by molar-refractivity contribution is 5.88. The lowest BCUT2D eigenvalue weighted by atomic mass is 9.96. The van der Waals surface area contributed by atoms with Crippen molar-refractivity contribution in [3.63, 3.8) is 0 Å². The smallest absolute Gasteiger partial charge is 0.335 e. The quantitative estimate of drug-likeness (QED) is 0.869. The number of likely N-dealkylation sites (N-methyl/N-ethyl adjacent to an activating group) is 1. The molecule has 1 aromatic carbocycles. The van der Waals surface area contributed by atoms with Crippen molar-refractivity contribution in [1.29, 1.82) is 0 Å². The predicted molar refractivity (Wildman–Crippen MR) is 75.7 cm³/mol. The molecule has 1 aromatic rings. The highest BCUT2D eigenvalue weighted by Gasteiger charge is 2.25. The molecule has 108 valence electrons. The number of hydrogen-bond donors (Lipinski definition) is 2. The van der Waals surface area contributed by atoms with E-state index in [1.807, 2.05) is 19.9 Å². The minimum Gasteiger partial charge on any atom is -0.478 e.